The van der Waals surface area contributed by atoms with E-state index in [-0.39, 0.29) is 9.79 Å². The molecule has 1 heterocycles. The zero-order valence-corrected chi connectivity index (χ0v) is 14.5. The van der Waals surface area contributed by atoms with Crippen molar-refractivity contribution in [3.05, 3.63) is 72.8 Å². The maximum absolute atomic E-state index is 12.6. The minimum absolute atomic E-state index is 0.194. The summed E-state index contributed by atoms with van der Waals surface area (Å²) in [6.07, 6.45) is 0. The van der Waals surface area contributed by atoms with Gasteiger partial charge in [0.15, 0.2) is 0 Å². The van der Waals surface area contributed by atoms with Crippen molar-refractivity contribution in [3.63, 3.8) is 0 Å². The molecule has 126 valence electrons. The molecule has 0 amide bonds. The Hall–Kier alpha value is -2.48. The first-order valence-electron chi connectivity index (χ1n) is 7.47. The summed E-state index contributed by atoms with van der Waals surface area (Å²) in [6, 6.07) is 21.0. The van der Waals surface area contributed by atoms with E-state index in [1.165, 1.54) is 0 Å². The van der Waals surface area contributed by atoms with E-state index in [1.807, 2.05) is 12.1 Å². The van der Waals surface area contributed by atoms with Gasteiger partial charge in [0, 0.05) is 11.1 Å². The largest absolute Gasteiger partial charge is 0.255 e. The van der Waals surface area contributed by atoms with Crippen LogP contribution in [0, 0.1) is 0 Å². The van der Waals surface area contributed by atoms with Crippen molar-refractivity contribution in [1.29, 1.82) is 0 Å². The molecule has 3 aromatic carbocycles. The highest BCUT2D eigenvalue weighted by Crippen LogP contribution is 2.42. The van der Waals surface area contributed by atoms with Crippen LogP contribution in [-0.4, -0.2) is 16.8 Å². The van der Waals surface area contributed by atoms with Gasteiger partial charge in [-0.1, -0.05) is 72.8 Å². The van der Waals surface area contributed by atoms with Crippen molar-refractivity contribution in [2.24, 2.45) is 0 Å². The molecule has 1 aliphatic heterocycles. The lowest BCUT2D eigenvalue weighted by Crippen LogP contribution is -2.21. The molecule has 0 unspecified atom stereocenters. The van der Waals surface area contributed by atoms with Gasteiger partial charge in [-0.15, -0.1) is 4.13 Å². The molecule has 25 heavy (non-hydrogen) atoms. The van der Waals surface area contributed by atoms with E-state index in [9.17, 15) is 16.8 Å². The second-order valence-electron chi connectivity index (χ2n) is 5.64. The lowest BCUT2D eigenvalue weighted by atomic mass is 10.00. The van der Waals surface area contributed by atoms with Crippen LogP contribution < -0.4 is 4.13 Å². The van der Waals surface area contributed by atoms with Gasteiger partial charge in [-0.25, -0.2) is 16.8 Å². The topological polar surface area (TPSA) is 80.3 Å². The zero-order valence-electron chi connectivity index (χ0n) is 12.9. The predicted molar refractivity (Wildman–Crippen MR) is 94.8 cm³/mol. The molecule has 0 bridgehead atoms. The molecule has 0 saturated carbocycles. The highest BCUT2D eigenvalue weighted by Gasteiger charge is 2.42. The van der Waals surface area contributed by atoms with Crippen LogP contribution in [0.2, 0.25) is 0 Å². The lowest BCUT2D eigenvalue weighted by Gasteiger charge is -2.11. The minimum atomic E-state index is -4.16. The van der Waals surface area contributed by atoms with Crippen LogP contribution in [0.25, 0.3) is 22.3 Å². The Balaban J connectivity index is 2.14. The predicted octanol–water partition coefficient (Wildman–Crippen LogP) is 3.00. The van der Waals surface area contributed by atoms with Crippen LogP contribution in [0.1, 0.15) is 0 Å². The first-order valence-corrected chi connectivity index (χ1v) is 10.4. The fourth-order valence-electron chi connectivity index (χ4n) is 3.01. The molecular formula is C18H13NO4S2. The van der Waals surface area contributed by atoms with Crippen LogP contribution in [0.15, 0.2) is 82.6 Å². The number of hydrogen-bond donors (Lipinski definition) is 1. The Morgan fingerprint density at radius 3 is 1.24 bits per heavy atom. The molecule has 0 spiro atoms. The Morgan fingerprint density at radius 1 is 0.520 bits per heavy atom. The molecule has 4 rings (SSSR count). The van der Waals surface area contributed by atoms with Gasteiger partial charge in [-0.2, -0.15) is 0 Å². The third-order valence-electron chi connectivity index (χ3n) is 4.04. The standard InChI is InChI=1S/C18H13NO4S2/c20-24(21)17-15(13-7-3-1-4-8-13)11-12-16(14-9-5-2-6-10-14)18(17)25(22,23)19-24/h1-12,19H. The van der Waals surface area contributed by atoms with E-state index in [2.05, 4.69) is 0 Å². The SMILES string of the molecule is O=S1(=O)NS(=O)(=O)c2c(-c3ccccc3)ccc(-c3ccccc3)c21. The van der Waals surface area contributed by atoms with Crippen LogP contribution in [0.5, 0.6) is 0 Å². The first-order chi connectivity index (χ1) is 11.9. The van der Waals surface area contributed by atoms with Crippen molar-refractivity contribution >= 4 is 20.0 Å². The molecule has 0 aliphatic carbocycles. The van der Waals surface area contributed by atoms with Gasteiger partial charge in [0.25, 0.3) is 20.0 Å². The number of rotatable bonds is 2. The Morgan fingerprint density at radius 2 is 0.880 bits per heavy atom. The summed E-state index contributed by atoms with van der Waals surface area (Å²) in [4.78, 5) is -0.389. The summed E-state index contributed by atoms with van der Waals surface area (Å²) in [5.74, 6) is 0. The molecule has 0 saturated heterocycles. The number of sulfonamides is 2. The minimum Gasteiger partial charge on any atom is -0.206 e. The van der Waals surface area contributed by atoms with E-state index in [0.29, 0.717) is 22.3 Å². The van der Waals surface area contributed by atoms with E-state index in [4.69, 9.17) is 0 Å². The zero-order chi connectivity index (χ0) is 17.7. The average Bonchev–Trinajstić information content (AvgIpc) is 2.81. The molecule has 0 aromatic heterocycles. The quantitative estimate of drug-likeness (QED) is 0.751. The highest BCUT2D eigenvalue weighted by atomic mass is 32.3. The van der Waals surface area contributed by atoms with Crippen LogP contribution >= 0.6 is 0 Å². The van der Waals surface area contributed by atoms with Crippen LogP contribution in [0.3, 0.4) is 0 Å². The molecule has 7 heteroatoms. The molecule has 0 fully saturated rings. The summed E-state index contributed by atoms with van der Waals surface area (Å²) in [7, 11) is -8.32. The van der Waals surface area contributed by atoms with Gasteiger partial charge in [-0.05, 0) is 11.1 Å². The molecule has 0 atom stereocenters. The van der Waals surface area contributed by atoms with Gasteiger partial charge in [0.05, 0.1) is 0 Å². The maximum Gasteiger partial charge on any atom is 0.255 e. The van der Waals surface area contributed by atoms with Gasteiger partial charge >= 0.3 is 0 Å². The van der Waals surface area contributed by atoms with Crippen molar-refractivity contribution in [2.45, 2.75) is 9.79 Å². The monoisotopic (exact) mass is 371 g/mol. The smallest absolute Gasteiger partial charge is 0.206 e. The fraction of sp³-hybridized carbons (Fsp3) is 0. The lowest BCUT2D eigenvalue weighted by molar-refractivity contribution is 0.586. The Kier molecular flexibility index (Phi) is 3.54. The first kappa shape index (κ1) is 16.0. The van der Waals surface area contributed by atoms with Gasteiger partial charge in [0.2, 0.25) is 0 Å². The molecule has 5 nitrogen and oxygen atoms in total. The second kappa shape index (κ2) is 5.52. The summed E-state index contributed by atoms with van der Waals surface area (Å²) in [5.41, 5.74) is 2.01. The molecular weight excluding hydrogens is 358 g/mol. The van der Waals surface area contributed by atoms with Crippen LogP contribution in [0.4, 0.5) is 0 Å². The average molecular weight is 371 g/mol. The molecule has 1 N–H and O–H groups in total. The highest BCUT2D eigenvalue weighted by molar-refractivity contribution is 8.07. The maximum atomic E-state index is 12.6. The summed E-state index contributed by atoms with van der Waals surface area (Å²) in [6.45, 7) is 0. The number of fused-ring (bicyclic) bond motifs is 1. The van der Waals surface area contributed by atoms with E-state index >= 15 is 0 Å². The number of nitrogens with one attached hydrogen (secondary N) is 1. The number of benzene rings is 3. The van der Waals surface area contributed by atoms with Crippen LogP contribution in [-0.2, 0) is 20.0 Å². The fourth-order valence-corrected chi connectivity index (χ4v) is 7.15. The van der Waals surface area contributed by atoms with Crippen molar-refractivity contribution in [2.75, 3.05) is 0 Å². The third kappa shape index (κ3) is 2.57. The molecule has 1 aliphatic rings. The van der Waals surface area contributed by atoms with Crippen molar-refractivity contribution < 1.29 is 16.8 Å². The second-order valence-corrected chi connectivity index (χ2v) is 9.14. The summed E-state index contributed by atoms with van der Waals surface area (Å²) >= 11 is 0. The van der Waals surface area contributed by atoms with E-state index < -0.39 is 20.0 Å². The molecule has 3 aromatic rings. The third-order valence-corrected chi connectivity index (χ3v) is 7.85. The van der Waals surface area contributed by atoms with Gasteiger partial charge < -0.3 is 0 Å². The van der Waals surface area contributed by atoms with E-state index in [0.717, 1.165) is 0 Å². The van der Waals surface area contributed by atoms with Gasteiger partial charge in [0.1, 0.15) is 9.79 Å². The molecule has 0 radical (unpaired) electrons. The van der Waals surface area contributed by atoms with Crippen molar-refractivity contribution in [1.82, 2.24) is 4.13 Å². The Labute approximate surface area is 146 Å². The summed E-state index contributed by atoms with van der Waals surface area (Å²) < 4.78 is 52.0. The number of hydrogen-bond acceptors (Lipinski definition) is 4. The van der Waals surface area contributed by atoms with Gasteiger partial charge in [-0.3, -0.25) is 0 Å². The van der Waals surface area contributed by atoms with E-state index in [1.54, 1.807) is 64.8 Å². The normalized spacial score (nSPS) is 17.1. The van der Waals surface area contributed by atoms with Crippen molar-refractivity contribution in [3.8, 4) is 22.3 Å². The Bertz CT molecular complexity index is 1080. The summed E-state index contributed by atoms with van der Waals surface area (Å²) in [5, 5.41) is 0.